The number of rotatable bonds is 5. The lowest BCUT2D eigenvalue weighted by atomic mass is 10.1. The van der Waals surface area contributed by atoms with Gasteiger partial charge in [0.1, 0.15) is 5.82 Å². The molecule has 0 aliphatic rings. The maximum Gasteiger partial charge on any atom is 0.259 e. The second-order valence-electron chi connectivity index (χ2n) is 5.82. The van der Waals surface area contributed by atoms with Crippen LogP contribution in [-0.4, -0.2) is 22.7 Å². The maximum absolute atomic E-state index is 12.3. The number of hydrogen-bond donors (Lipinski definition) is 1. The number of nitrogens with zero attached hydrogens (tertiary/aromatic N) is 1. The number of H-pyrrole nitrogens is 1. The van der Waals surface area contributed by atoms with Crippen molar-refractivity contribution in [1.82, 2.24) is 9.97 Å². The van der Waals surface area contributed by atoms with Crippen LogP contribution in [0.1, 0.15) is 20.8 Å². The van der Waals surface area contributed by atoms with Crippen LogP contribution in [0, 0.1) is 0 Å². The van der Waals surface area contributed by atoms with Gasteiger partial charge in [-0.3, -0.25) is 4.79 Å². The maximum atomic E-state index is 12.3. The summed E-state index contributed by atoms with van der Waals surface area (Å²) in [5.41, 5.74) is 1.23. The van der Waals surface area contributed by atoms with Crippen molar-refractivity contribution in [3.8, 4) is 22.9 Å². The number of aromatic nitrogens is 2. The summed E-state index contributed by atoms with van der Waals surface area (Å²) in [6.07, 6.45) is 0.0138. The number of para-hydroxylation sites is 1. The third kappa shape index (κ3) is 3.69. The lowest BCUT2D eigenvalue weighted by molar-refractivity contribution is 0.222. The molecule has 3 aromatic rings. The number of aromatic amines is 1. The summed E-state index contributed by atoms with van der Waals surface area (Å²) in [7, 11) is 0. The standard InChI is InChI=1S/C19H19BrN2O3/c1-4-24-16-10-12(9-14(20)17(16)25-11(2)3)18-21-15-8-6-5-7-13(15)19(23)22-18/h5-11H,4H2,1-3H3,(H,21,22,23). The molecule has 130 valence electrons. The van der Waals surface area contributed by atoms with E-state index >= 15 is 0 Å². The van der Waals surface area contributed by atoms with E-state index in [4.69, 9.17) is 9.47 Å². The van der Waals surface area contributed by atoms with Crippen LogP contribution in [0.5, 0.6) is 11.5 Å². The van der Waals surface area contributed by atoms with Gasteiger partial charge in [-0.2, -0.15) is 0 Å². The third-order valence-corrected chi connectivity index (χ3v) is 4.14. The van der Waals surface area contributed by atoms with Gasteiger partial charge in [0, 0.05) is 5.56 Å². The fourth-order valence-electron chi connectivity index (χ4n) is 2.54. The van der Waals surface area contributed by atoms with Crippen LogP contribution in [0.25, 0.3) is 22.3 Å². The van der Waals surface area contributed by atoms with E-state index in [-0.39, 0.29) is 11.7 Å². The molecule has 3 rings (SSSR count). The van der Waals surface area contributed by atoms with Crippen molar-refractivity contribution in [3.05, 3.63) is 51.2 Å². The van der Waals surface area contributed by atoms with Crippen molar-refractivity contribution < 1.29 is 9.47 Å². The molecule has 1 aromatic heterocycles. The van der Waals surface area contributed by atoms with Crippen molar-refractivity contribution in [2.75, 3.05) is 6.61 Å². The Morgan fingerprint density at radius 2 is 2.00 bits per heavy atom. The fraction of sp³-hybridized carbons (Fsp3) is 0.263. The van der Waals surface area contributed by atoms with Crippen molar-refractivity contribution >= 4 is 26.8 Å². The highest BCUT2D eigenvalue weighted by Crippen LogP contribution is 2.39. The van der Waals surface area contributed by atoms with Crippen molar-refractivity contribution in [3.63, 3.8) is 0 Å². The lowest BCUT2D eigenvalue weighted by Gasteiger charge is -2.17. The van der Waals surface area contributed by atoms with Gasteiger partial charge >= 0.3 is 0 Å². The molecule has 5 nitrogen and oxygen atoms in total. The Balaban J connectivity index is 2.16. The summed E-state index contributed by atoms with van der Waals surface area (Å²) in [5.74, 6) is 1.74. The molecule has 0 saturated carbocycles. The van der Waals surface area contributed by atoms with Crippen LogP contribution in [0.15, 0.2) is 45.7 Å². The Morgan fingerprint density at radius 1 is 1.24 bits per heavy atom. The molecule has 0 aliphatic heterocycles. The minimum atomic E-state index is -0.169. The van der Waals surface area contributed by atoms with Gasteiger partial charge in [0.2, 0.25) is 0 Å². The molecule has 0 saturated heterocycles. The lowest BCUT2D eigenvalue weighted by Crippen LogP contribution is -2.10. The van der Waals surface area contributed by atoms with E-state index in [0.29, 0.717) is 34.8 Å². The van der Waals surface area contributed by atoms with Crippen LogP contribution in [0.4, 0.5) is 0 Å². The average molecular weight is 403 g/mol. The fourth-order valence-corrected chi connectivity index (χ4v) is 3.08. The molecule has 2 aromatic carbocycles. The average Bonchev–Trinajstić information content (AvgIpc) is 2.57. The van der Waals surface area contributed by atoms with Crippen LogP contribution in [0.3, 0.4) is 0 Å². The van der Waals surface area contributed by atoms with Gasteiger partial charge in [0.15, 0.2) is 11.5 Å². The second kappa shape index (κ2) is 7.27. The van der Waals surface area contributed by atoms with Gasteiger partial charge in [-0.25, -0.2) is 4.98 Å². The molecular weight excluding hydrogens is 384 g/mol. The van der Waals surface area contributed by atoms with Crippen LogP contribution < -0.4 is 15.0 Å². The first kappa shape index (κ1) is 17.5. The summed E-state index contributed by atoms with van der Waals surface area (Å²) in [6.45, 7) is 6.33. The van der Waals surface area contributed by atoms with E-state index < -0.39 is 0 Å². The molecule has 0 bridgehead atoms. The molecule has 0 fully saturated rings. The van der Waals surface area contributed by atoms with Crippen molar-refractivity contribution in [2.45, 2.75) is 26.9 Å². The van der Waals surface area contributed by atoms with E-state index in [0.717, 1.165) is 10.0 Å². The van der Waals surface area contributed by atoms with Gasteiger partial charge < -0.3 is 14.5 Å². The highest BCUT2D eigenvalue weighted by molar-refractivity contribution is 9.10. The van der Waals surface area contributed by atoms with E-state index in [1.54, 1.807) is 6.07 Å². The Kier molecular flexibility index (Phi) is 5.08. The third-order valence-electron chi connectivity index (χ3n) is 3.55. The molecule has 25 heavy (non-hydrogen) atoms. The smallest absolute Gasteiger partial charge is 0.259 e. The molecule has 0 spiro atoms. The molecule has 0 amide bonds. The van der Waals surface area contributed by atoms with Crippen LogP contribution >= 0.6 is 15.9 Å². The summed E-state index contributed by atoms with van der Waals surface area (Å²) in [6, 6.07) is 11.0. The molecule has 6 heteroatoms. The van der Waals surface area contributed by atoms with Crippen LogP contribution in [-0.2, 0) is 0 Å². The molecular formula is C19H19BrN2O3. The zero-order valence-electron chi connectivity index (χ0n) is 14.3. The first-order chi connectivity index (χ1) is 12.0. The molecule has 0 aliphatic carbocycles. The first-order valence-corrected chi connectivity index (χ1v) is 8.91. The van der Waals surface area contributed by atoms with Gasteiger partial charge in [0.25, 0.3) is 5.56 Å². The predicted octanol–water partition coefficient (Wildman–Crippen LogP) is 4.54. The molecule has 1 N–H and O–H groups in total. The number of hydrogen-bond acceptors (Lipinski definition) is 4. The summed E-state index contributed by atoms with van der Waals surface area (Å²) in [5, 5.41) is 0.565. The quantitative estimate of drug-likeness (QED) is 0.680. The second-order valence-corrected chi connectivity index (χ2v) is 6.67. The van der Waals surface area contributed by atoms with Crippen molar-refractivity contribution in [1.29, 1.82) is 0 Å². The Hall–Kier alpha value is -2.34. The molecule has 0 atom stereocenters. The zero-order valence-corrected chi connectivity index (χ0v) is 15.9. The highest BCUT2D eigenvalue weighted by atomic mass is 79.9. The first-order valence-electron chi connectivity index (χ1n) is 8.12. The largest absolute Gasteiger partial charge is 0.490 e. The Morgan fingerprint density at radius 3 is 2.72 bits per heavy atom. The minimum absolute atomic E-state index is 0.0138. The summed E-state index contributed by atoms with van der Waals surface area (Å²) in [4.78, 5) is 19.7. The number of nitrogens with one attached hydrogen (secondary N) is 1. The van der Waals surface area contributed by atoms with E-state index in [2.05, 4.69) is 25.9 Å². The molecule has 0 unspecified atom stereocenters. The minimum Gasteiger partial charge on any atom is -0.490 e. The molecule has 0 radical (unpaired) electrons. The predicted molar refractivity (Wildman–Crippen MR) is 102 cm³/mol. The zero-order chi connectivity index (χ0) is 18.0. The van der Waals surface area contributed by atoms with Gasteiger partial charge in [-0.1, -0.05) is 12.1 Å². The van der Waals surface area contributed by atoms with E-state index in [1.807, 2.05) is 51.1 Å². The Bertz CT molecular complexity index is 967. The van der Waals surface area contributed by atoms with Gasteiger partial charge in [0.05, 0.1) is 28.1 Å². The van der Waals surface area contributed by atoms with Gasteiger partial charge in [-0.15, -0.1) is 0 Å². The number of fused-ring (bicyclic) bond motifs is 1. The molecule has 1 heterocycles. The highest BCUT2D eigenvalue weighted by Gasteiger charge is 2.16. The normalized spacial score (nSPS) is 11.1. The monoisotopic (exact) mass is 402 g/mol. The Labute approximate surface area is 154 Å². The van der Waals surface area contributed by atoms with E-state index in [1.165, 1.54) is 0 Å². The topological polar surface area (TPSA) is 64.2 Å². The van der Waals surface area contributed by atoms with Crippen molar-refractivity contribution in [2.24, 2.45) is 0 Å². The van der Waals surface area contributed by atoms with Gasteiger partial charge in [-0.05, 0) is 61.0 Å². The number of halogens is 1. The number of ether oxygens (including phenoxy) is 2. The summed E-state index contributed by atoms with van der Waals surface area (Å²) >= 11 is 3.54. The van der Waals surface area contributed by atoms with E-state index in [9.17, 15) is 4.79 Å². The number of benzene rings is 2. The van der Waals surface area contributed by atoms with Crippen LogP contribution in [0.2, 0.25) is 0 Å². The summed E-state index contributed by atoms with van der Waals surface area (Å²) < 4.78 is 12.3. The SMILES string of the molecule is CCOc1cc(-c2nc3ccccc3c(=O)[nH]2)cc(Br)c1OC(C)C.